The van der Waals surface area contributed by atoms with Crippen LogP contribution < -0.4 is 5.32 Å². The van der Waals surface area contributed by atoms with Crippen LogP contribution in [0.2, 0.25) is 0 Å². The van der Waals surface area contributed by atoms with Crippen molar-refractivity contribution in [2.75, 3.05) is 5.32 Å². The highest BCUT2D eigenvalue weighted by atomic mass is 16.4. The molecule has 0 aromatic heterocycles. The number of rotatable bonds is 6. The molecule has 0 aliphatic rings. The van der Waals surface area contributed by atoms with Gasteiger partial charge in [-0.05, 0) is 54.7 Å². The molecule has 3 N–H and O–H groups in total. The maximum Gasteiger partial charge on any atom is 0.303 e. The number of aryl methyl sites for hydroxylation is 3. The third-order valence-electron chi connectivity index (χ3n) is 3.60. The summed E-state index contributed by atoms with van der Waals surface area (Å²) in [6.07, 6.45) is 0.669. The quantitative estimate of drug-likeness (QED) is 0.761. The molecule has 0 bridgehead atoms. The van der Waals surface area contributed by atoms with Crippen LogP contribution in [0.4, 0.5) is 5.69 Å². The van der Waals surface area contributed by atoms with E-state index in [1.165, 1.54) is 0 Å². The number of benzene rings is 2. The van der Waals surface area contributed by atoms with Crippen molar-refractivity contribution in [2.24, 2.45) is 0 Å². The zero-order chi connectivity index (χ0) is 16.1. The molecule has 2 aromatic carbocycles. The molecular weight excluding hydrogens is 278 g/mol. The number of anilines is 1. The second-order valence-corrected chi connectivity index (χ2v) is 5.53. The number of carboxylic acids is 1. The largest absolute Gasteiger partial charge is 0.507 e. The van der Waals surface area contributed by atoms with Gasteiger partial charge in [0.25, 0.3) is 0 Å². The van der Waals surface area contributed by atoms with Gasteiger partial charge >= 0.3 is 5.97 Å². The van der Waals surface area contributed by atoms with E-state index in [1.54, 1.807) is 0 Å². The number of aromatic hydroxyl groups is 1. The van der Waals surface area contributed by atoms with Crippen LogP contribution in [0.5, 0.6) is 5.75 Å². The summed E-state index contributed by atoms with van der Waals surface area (Å²) in [5, 5.41) is 21.9. The van der Waals surface area contributed by atoms with Crippen LogP contribution in [-0.2, 0) is 17.8 Å². The van der Waals surface area contributed by atoms with E-state index < -0.39 is 5.97 Å². The van der Waals surface area contributed by atoms with E-state index in [1.807, 2.05) is 50.2 Å². The predicted molar refractivity (Wildman–Crippen MR) is 87.3 cm³/mol. The second kappa shape index (κ2) is 6.98. The summed E-state index contributed by atoms with van der Waals surface area (Å²) in [5.74, 6) is -0.437. The van der Waals surface area contributed by atoms with Gasteiger partial charge in [-0.1, -0.05) is 24.3 Å². The van der Waals surface area contributed by atoms with Crippen molar-refractivity contribution in [3.05, 3.63) is 58.7 Å². The maximum atomic E-state index is 10.6. The number of phenolic OH excluding ortho intramolecular Hbond substituents is 1. The summed E-state index contributed by atoms with van der Waals surface area (Å²) in [4.78, 5) is 10.6. The molecule has 0 aliphatic carbocycles. The van der Waals surface area contributed by atoms with Gasteiger partial charge in [0.05, 0.1) is 0 Å². The molecule has 0 heterocycles. The SMILES string of the molecule is Cc1cc(CNc2cccc(CCC(=O)O)c2)cc(C)c1O. The molecule has 116 valence electrons. The molecule has 0 unspecified atom stereocenters. The van der Waals surface area contributed by atoms with Crippen molar-refractivity contribution in [1.82, 2.24) is 0 Å². The van der Waals surface area contributed by atoms with Gasteiger partial charge in [-0.25, -0.2) is 0 Å². The molecular formula is C18H21NO3. The normalized spacial score (nSPS) is 10.5. The van der Waals surface area contributed by atoms with Gasteiger partial charge in [0.15, 0.2) is 0 Å². The smallest absolute Gasteiger partial charge is 0.303 e. The van der Waals surface area contributed by atoms with Crippen LogP contribution in [0, 0.1) is 13.8 Å². The van der Waals surface area contributed by atoms with Crippen molar-refractivity contribution >= 4 is 11.7 Å². The Morgan fingerprint density at radius 1 is 1.09 bits per heavy atom. The number of aliphatic carboxylic acids is 1. The highest BCUT2D eigenvalue weighted by Crippen LogP contribution is 2.23. The molecule has 2 rings (SSSR count). The summed E-state index contributed by atoms with van der Waals surface area (Å²) in [7, 11) is 0. The van der Waals surface area contributed by atoms with E-state index in [2.05, 4.69) is 5.32 Å². The van der Waals surface area contributed by atoms with Gasteiger partial charge in [0.2, 0.25) is 0 Å². The van der Waals surface area contributed by atoms with E-state index in [4.69, 9.17) is 5.11 Å². The molecule has 0 radical (unpaired) electrons. The van der Waals surface area contributed by atoms with E-state index in [0.717, 1.165) is 27.9 Å². The van der Waals surface area contributed by atoms with Gasteiger partial charge in [0.1, 0.15) is 5.75 Å². The summed E-state index contributed by atoms with van der Waals surface area (Å²) in [6, 6.07) is 11.7. The summed E-state index contributed by atoms with van der Waals surface area (Å²) in [6.45, 7) is 4.43. The summed E-state index contributed by atoms with van der Waals surface area (Å²) >= 11 is 0. The number of carboxylic acid groups (broad SMARTS) is 1. The lowest BCUT2D eigenvalue weighted by Gasteiger charge is -2.11. The summed E-state index contributed by atoms with van der Waals surface area (Å²) < 4.78 is 0. The van der Waals surface area contributed by atoms with E-state index in [0.29, 0.717) is 18.7 Å². The molecule has 0 aliphatic heterocycles. The van der Waals surface area contributed by atoms with Crippen LogP contribution in [0.25, 0.3) is 0 Å². The van der Waals surface area contributed by atoms with E-state index in [-0.39, 0.29) is 6.42 Å². The molecule has 0 fully saturated rings. The minimum absolute atomic E-state index is 0.139. The van der Waals surface area contributed by atoms with Gasteiger partial charge in [-0.2, -0.15) is 0 Å². The first-order valence-corrected chi connectivity index (χ1v) is 7.29. The Balaban J connectivity index is 2.02. The average Bonchev–Trinajstić information content (AvgIpc) is 2.49. The average molecular weight is 299 g/mol. The monoisotopic (exact) mass is 299 g/mol. The van der Waals surface area contributed by atoms with Crippen LogP contribution in [0.1, 0.15) is 28.7 Å². The van der Waals surface area contributed by atoms with Crippen molar-refractivity contribution in [3.8, 4) is 5.75 Å². The number of hydrogen-bond acceptors (Lipinski definition) is 3. The Kier molecular flexibility index (Phi) is 5.04. The van der Waals surface area contributed by atoms with Crippen LogP contribution in [0.3, 0.4) is 0 Å². The molecule has 2 aromatic rings. The first kappa shape index (κ1) is 15.9. The van der Waals surface area contributed by atoms with Gasteiger partial charge in [0, 0.05) is 18.7 Å². The molecule has 0 saturated heterocycles. The Bertz CT molecular complexity index is 657. The molecule has 0 spiro atoms. The predicted octanol–water partition coefficient (Wildman–Crippen LogP) is 3.64. The first-order chi connectivity index (χ1) is 10.5. The van der Waals surface area contributed by atoms with E-state index in [9.17, 15) is 9.90 Å². The minimum atomic E-state index is -0.784. The zero-order valence-corrected chi connectivity index (χ0v) is 12.9. The highest BCUT2D eigenvalue weighted by Gasteiger charge is 2.04. The fourth-order valence-electron chi connectivity index (χ4n) is 2.44. The lowest BCUT2D eigenvalue weighted by atomic mass is 10.1. The zero-order valence-electron chi connectivity index (χ0n) is 12.9. The van der Waals surface area contributed by atoms with Crippen LogP contribution in [0.15, 0.2) is 36.4 Å². The minimum Gasteiger partial charge on any atom is -0.507 e. The molecule has 0 atom stereocenters. The topological polar surface area (TPSA) is 69.6 Å². The number of hydrogen-bond donors (Lipinski definition) is 3. The van der Waals surface area contributed by atoms with Crippen LogP contribution in [-0.4, -0.2) is 16.2 Å². The third-order valence-corrected chi connectivity index (χ3v) is 3.60. The molecule has 4 heteroatoms. The molecule has 22 heavy (non-hydrogen) atoms. The van der Waals surface area contributed by atoms with Crippen molar-refractivity contribution in [3.63, 3.8) is 0 Å². The maximum absolute atomic E-state index is 10.6. The number of phenols is 1. The molecule has 0 amide bonds. The Labute approximate surface area is 130 Å². The van der Waals surface area contributed by atoms with Gasteiger partial charge < -0.3 is 15.5 Å². The molecule has 4 nitrogen and oxygen atoms in total. The highest BCUT2D eigenvalue weighted by molar-refractivity contribution is 5.67. The number of nitrogens with one attached hydrogen (secondary N) is 1. The van der Waals surface area contributed by atoms with Gasteiger partial charge in [-0.15, -0.1) is 0 Å². The standard InChI is InChI=1S/C18H21NO3/c1-12-8-15(9-13(2)18(12)22)11-19-16-5-3-4-14(10-16)6-7-17(20)21/h3-5,8-10,19,22H,6-7,11H2,1-2H3,(H,20,21). The Morgan fingerprint density at radius 2 is 1.77 bits per heavy atom. The van der Waals surface area contributed by atoms with Crippen molar-refractivity contribution in [1.29, 1.82) is 0 Å². The lowest BCUT2D eigenvalue weighted by Crippen LogP contribution is -2.02. The first-order valence-electron chi connectivity index (χ1n) is 7.29. The van der Waals surface area contributed by atoms with E-state index >= 15 is 0 Å². The van der Waals surface area contributed by atoms with Crippen LogP contribution >= 0.6 is 0 Å². The molecule has 0 saturated carbocycles. The Morgan fingerprint density at radius 3 is 2.41 bits per heavy atom. The fraction of sp³-hybridized carbons (Fsp3) is 0.278. The van der Waals surface area contributed by atoms with Crippen molar-refractivity contribution < 1.29 is 15.0 Å². The summed E-state index contributed by atoms with van der Waals surface area (Å²) in [5.41, 5.74) is 4.81. The Hall–Kier alpha value is -2.49. The number of carbonyl (C=O) groups is 1. The fourth-order valence-corrected chi connectivity index (χ4v) is 2.44. The second-order valence-electron chi connectivity index (χ2n) is 5.53. The van der Waals surface area contributed by atoms with Gasteiger partial charge in [-0.3, -0.25) is 4.79 Å². The third kappa shape index (κ3) is 4.25. The lowest BCUT2D eigenvalue weighted by molar-refractivity contribution is -0.136. The van der Waals surface area contributed by atoms with Crippen molar-refractivity contribution in [2.45, 2.75) is 33.2 Å².